The number of carbonyl (C=O) groups excluding carboxylic acids is 2. The smallest absolute Gasteiger partial charge is 0.248 e. The lowest BCUT2D eigenvalue weighted by Gasteiger charge is -2.41. The Morgan fingerprint density at radius 3 is 2.56 bits per heavy atom. The van der Waals surface area contributed by atoms with Gasteiger partial charge in [-0.1, -0.05) is 12.1 Å². The number of piperazine rings is 1. The summed E-state index contributed by atoms with van der Waals surface area (Å²) in [7, 11) is 0. The average molecular weight is 433 g/mol. The molecule has 2 aliphatic heterocycles. The van der Waals surface area contributed by atoms with Crippen molar-refractivity contribution in [1.82, 2.24) is 19.4 Å². The number of aromatic nitrogens is 2. The van der Waals surface area contributed by atoms with Crippen LogP contribution in [0.3, 0.4) is 0 Å². The number of anilines is 1. The molecule has 1 aromatic carbocycles. The summed E-state index contributed by atoms with van der Waals surface area (Å²) >= 11 is 0. The first-order chi connectivity index (χ1) is 15.6. The van der Waals surface area contributed by atoms with Gasteiger partial charge in [0.1, 0.15) is 5.82 Å². The molecule has 8 nitrogen and oxygen atoms in total. The second-order valence-corrected chi connectivity index (χ2v) is 8.72. The second kappa shape index (κ2) is 8.63. The number of benzene rings is 1. The Morgan fingerprint density at radius 2 is 1.84 bits per heavy atom. The van der Waals surface area contributed by atoms with Gasteiger partial charge in [-0.25, -0.2) is 4.98 Å². The van der Waals surface area contributed by atoms with E-state index < -0.39 is 5.91 Å². The molecule has 0 radical (unpaired) electrons. The molecule has 3 aromatic rings. The molecule has 4 heterocycles. The largest absolute Gasteiger partial charge is 0.366 e. The molecule has 2 saturated heterocycles. The lowest BCUT2D eigenvalue weighted by Crippen LogP contribution is -2.55. The maximum atomic E-state index is 12.7. The van der Waals surface area contributed by atoms with Crippen LogP contribution in [-0.2, 0) is 11.3 Å². The molecule has 2 aromatic heterocycles. The van der Waals surface area contributed by atoms with Gasteiger partial charge >= 0.3 is 0 Å². The van der Waals surface area contributed by atoms with Crippen LogP contribution < -0.4 is 10.6 Å². The topological polar surface area (TPSA) is 87.7 Å². The van der Waals surface area contributed by atoms with E-state index in [-0.39, 0.29) is 5.91 Å². The van der Waals surface area contributed by atoms with E-state index in [0.717, 1.165) is 62.5 Å². The fourth-order valence-electron chi connectivity index (χ4n) is 4.71. The molecular weight excluding hydrogens is 404 g/mol. The Morgan fingerprint density at radius 1 is 1.03 bits per heavy atom. The summed E-state index contributed by atoms with van der Waals surface area (Å²) in [6.07, 6.45) is 3.87. The number of amides is 2. The molecule has 8 heteroatoms. The lowest BCUT2D eigenvalue weighted by atomic mass is 10.00. The highest BCUT2D eigenvalue weighted by atomic mass is 16.2. The zero-order valence-electron chi connectivity index (χ0n) is 18.1. The predicted octanol–water partition coefficient (Wildman–Crippen LogP) is 1.42. The summed E-state index contributed by atoms with van der Waals surface area (Å²) in [5, 5.41) is 1.10. The van der Waals surface area contributed by atoms with Crippen LogP contribution in [0.5, 0.6) is 0 Å². The van der Waals surface area contributed by atoms with Crippen molar-refractivity contribution in [1.29, 1.82) is 0 Å². The molecule has 2 N–H and O–H groups in total. The van der Waals surface area contributed by atoms with Crippen molar-refractivity contribution < 1.29 is 9.59 Å². The number of carbonyl (C=O) groups is 2. The first kappa shape index (κ1) is 20.5. The molecule has 5 rings (SSSR count). The number of likely N-dealkylation sites (tertiary alicyclic amines) is 1. The normalized spacial score (nSPS) is 17.5. The lowest BCUT2D eigenvalue weighted by molar-refractivity contribution is -0.134. The van der Waals surface area contributed by atoms with E-state index in [9.17, 15) is 9.59 Å². The molecule has 0 atom stereocenters. The summed E-state index contributed by atoms with van der Waals surface area (Å²) in [4.78, 5) is 35.1. The zero-order valence-corrected chi connectivity index (χ0v) is 18.1. The van der Waals surface area contributed by atoms with Crippen LogP contribution >= 0.6 is 0 Å². The van der Waals surface area contributed by atoms with Gasteiger partial charge in [0.15, 0.2) is 0 Å². The Bertz CT molecular complexity index is 1110. The molecular formula is C24H28N6O2. The Hall–Kier alpha value is -3.39. The van der Waals surface area contributed by atoms with Gasteiger partial charge in [-0.3, -0.25) is 14.5 Å². The second-order valence-electron chi connectivity index (χ2n) is 8.72. The maximum Gasteiger partial charge on any atom is 0.248 e. The van der Waals surface area contributed by atoms with Gasteiger partial charge in [0.25, 0.3) is 0 Å². The van der Waals surface area contributed by atoms with Gasteiger partial charge in [-0.15, -0.1) is 0 Å². The quantitative estimate of drug-likeness (QED) is 0.637. The number of fused-ring (bicyclic) bond motifs is 1. The van der Waals surface area contributed by atoms with Crippen LogP contribution in [0.15, 0.2) is 54.9 Å². The van der Waals surface area contributed by atoms with Crippen LogP contribution in [0.25, 0.3) is 10.9 Å². The summed E-state index contributed by atoms with van der Waals surface area (Å²) in [5.41, 5.74) is 6.99. The molecule has 0 saturated carbocycles. The number of hydrogen-bond donors (Lipinski definition) is 1. The molecule has 32 heavy (non-hydrogen) atoms. The molecule has 166 valence electrons. The first-order valence-electron chi connectivity index (χ1n) is 11.1. The van der Waals surface area contributed by atoms with E-state index in [1.54, 1.807) is 12.3 Å². The van der Waals surface area contributed by atoms with Crippen molar-refractivity contribution in [2.24, 2.45) is 11.7 Å². The van der Waals surface area contributed by atoms with E-state index in [1.165, 1.54) is 0 Å². The van der Waals surface area contributed by atoms with Crippen molar-refractivity contribution in [2.45, 2.75) is 6.54 Å². The van der Waals surface area contributed by atoms with Crippen LogP contribution in [0, 0.1) is 5.92 Å². The van der Waals surface area contributed by atoms with Crippen molar-refractivity contribution in [3.8, 4) is 0 Å². The minimum atomic E-state index is -0.408. The van der Waals surface area contributed by atoms with Gasteiger partial charge in [0.2, 0.25) is 11.8 Å². The third-order valence-corrected chi connectivity index (χ3v) is 6.51. The first-order valence-corrected chi connectivity index (χ1v) is 11.1. The van der Waals surface area contributed by atoms with Crippen molar-refractivity contribution in [3.63, 3.8) is 0 Å². The highest BCUT2D eigenvalue weighted by Gasteiger charge is 2.31. The zero-order chi connectivity index (χ0) is 22.1. The maximum absolute atomic E-state index is 12.7. The monoisotopic (exact) mass is 432 g/mol. The average Bonchev–Trinajstić information content (AvgIpc) is 3.20. The van der Waals surface area contributed by atoms with E-state index in [2.05, 4.69) is 31.6 Å². The molecule has 0 bridgehead atoms. The molecule has 0 unspecified atom stereocenters. The predicted molar refractivity (Wildman–Crippen MR) is 123 cm³/mol. The van der Waals surface area contributed by atoms with Gasteiger partial charge in [0, 0.05) is 75.2 Å². The summed E-state index contributed by atoms with van der Waals surface area (Å²) in [5.74, 6) is 1.28. The third kappa shape index (κ3) is 4.18. The number of hydrogen-bond acceptors (Lipinski definition) is 5. The van der Waals surface area contributed by atoms with Crippen LogP contribution in [0.2, 0.25) is 0 Å². The molecule has 2 fully saturated rings. The van der Waals surface area contributed by atoms with Gasteiger partial charge in [-0.2, -0.15) is 0 Å². The summed E-state index contributed by atoms with van der Waals surface area (Å²) < 4.78 is 2.18. The fraction of sp³-hybridized carbons (Fsp3) is 0.375. The van der Waals surface area contributed by atoms with E-state index >= 15 is 0 Å². The van der Waals surface area contributed by atoms with Crippen molar-refractivity contribution in [2.75, 3.05) is 50.7 Å². The minimum absolute atomic E-state index is 0.210. The van der Waals surface area contributed by atoms with Crippen molar-refractivity contribution in [3.05, 3.63) is 60.4 Å². The highest BCUT2D eigenvalue weighted by molar-refractivity contribution is 5.97. The number of primary amides is 1. The fourth-order valence-corrected chi connectivity index (χ4v) is 4.71. The van der Waals surface area contributed by atoms with E-state index in [4.69, 9.17) is 5.73 Å². The van der Waals surface area contributed by atoms with Crippen molar-refractivity contribution >= 4 is 28.5 Å². The SMILES string of the molecule is NC(=O)c1ccc2ccn(CC3CN(CC(=O)N4CCN(c5ccccn5)CC4)C3)c2c1. The van der Waals surface area contributed by atoms with Crippen LogP contribution in [0.1, 0.15) is 10.4 Å². The molecule has 2 aliphatic rings. The van der Waals surface area contributed by atoms with Gasteiger partial charge in [0.05, 0.1) is 6.54 Å². The van der Waals surface area contributed by atoms with E-state index in [0.29, 0.717) is 18.0 Å². The number of pyridine rings is 1. The van der Waals surface area contributed by atoms with Gasteiger partial charge < -0.3 is 20.1 Å². The van der Waals surface area contributed by atoms with Gasteiger partial charge in [-0.05, 0) is 35.7 Å². The number of nitrogens with two attached hydrogens (primary N) is 1. The van der Waals surface area contributed by atoms with Crippen LogP contribution in [-0.4, -0.2) is 77.0 Å². The standard InChI is InChI=1S/C24H28N6O2/c25-24(32)20-5-4-19-6-8-30(21(19)13-20)16-18-14-27(15-18)17-23(31)29-11-9-28(10-12-29)22-3-1-2-7-26-22/h1-8,13,18H,9-12,14-17H2,(H2,25,32). The summed E-state index contributed by atoms with van der Waals surface area (Å²) in [6, 6.07) is 13.6. The third-order valence-electron chi connectivity index (χ3n) is 6.51. The Balaban J connectivity index is 1.10. The molecule has 0 aliphatic carbocycles. The highest BCUT2D eigenvalue weighted by Crippen LogP contribution is 2.23. The molecule has 0 spiro atoms. The van der Waals surface area contributed by atoms with Crippen LogP contribution in [0.4, 0.5) is 5.82 Å². The number of rotatable bonds is 6. The summed E-state index contributed by atoms with van der Waals surface area (Å²) in [6.45, 7) is 6.30. The van der Waals surface area contributed by atoms with E-state index in [1.807, 2.05) is 35.2 Å². The minimum Gasteiger partial charge on any atom is -0.366 e. The molecule has 2 amide bonds. The Labute approximate surface area is 187 Å². The Kier molecular flexibility index (Phi) is 5.53. The number of nitrogens with zero attached hydrogens (tertiary/aromatic N) is 5.